The molecule has 0 radical (unpaired) electrons. The van der Waals surface area contributed by atoms with Crippen molar-refractivity contribution in [2.75, 3.05) is 0 Å². The Morgan fingerprint density at radius 2 is 1.79 bits per heavy atom. The lowest BCUT2D eigenvalue weighted by Gasteiger charge is -2.18. The van der Waals surface area contributed by atoms with E-state index in [1.165, 1.54) is 5.56 Å². The van der Waals surface area contributed by atoms with Gasteiger partial charge in [0.15, 0.2) is 5.78 Å². The molecule has 0 saturated carbocycles. The standard InChI is InChI=1S/C16H18N2O/c1-16(2,3)13-6-4-12(5-7-13)15(19)10-14-11-17-8-9-18-14/h4-9,11H,10H2,1-3H3. The summed E-state index contributed by atoms with van der Waals surface area (Å²) in [6.07, 6.45) is 5.13. The van der Waals surface area contributed by atoms with Gasteiger partial charge in [0.05, 0.1) is 12.1 Å². The van der Waals surface area contributed by atoms with Crippen LogP contribution in [-0.4, -0.2) is 15.8 Å². The van der Waals surface area contributed by atoms with Crippen molar-refractivity contribution < 1.29 is 4.79 Å². The molecule has 0 N–H and O–H groups in total. The fraction of sp³-hybridized carbons (Fsp3) is 0.312. The van der Waals surface area contributed by atoms with Crippen LogP contribution in [0.3, 0.4) is 0 Å². The summed E-state index contributed by atoms with van der Waals surface area (Å²) in [5, 5.41) is 0. The summed E-state index contributed by atoms with van der Waals surface area (Å²) in [5.74, 6) is 0.0703. The van der Waals surface area contributed by atoms with E-state index >= 15 is 0 Å². The fourth-order valence-corrected chi connectivity index (χ4v) is 1.84. The molecular weight excluding hydrogens is 236 g/mol. The highest BCUT2D eigenvalue weighted by Gasteiger charge is 2.14. The third-order valence-corrected chi connectivity index (χ3v) is 3.03. The van der Waals surface area contributed by atoms with E-state index in [0.717, 1.165) is 5.56 Å². The number of hydrogen-bond donors (Lipinski definition) is 0. The van der Waals surface area contributed by atoms with Crippen LogP contribution in [0.25, 0.3) is 0 Å². The van der Waals surface area contributed by atoms with E-state index in [1.54, 1.807) is 18.6 Å². The highest BCUT2D eigenvalue weighted by Crippen LogP contribution is 2.22. The number of nitrogens with zero attached hydrogens (tertiary/aromatic N) is 2. The van der Waals surface area contributed by atoms with Gasteiger partial charge in [-0.3, -0.25) is 14.8 Å². The molecule has 0 unspecified atom stereocenters. The number of rotatable bonds is 3. The van der Waals surface area contributed by atoms with Crippen LogP contribution >= 0.6 is 0 Å². The van der Waals surface area contributed by atoms with E-state index in [2.05, 4.69) is 30.7 Å². The SMILES string of the molecule is CC(C)(C)c1ccc(C(=O)Cc2cnccn2)cc1. The summed E-state index contributed by atoms with van der Waals surface area (Å²) in [6, 6.07) is 7.81. The Hall–Kier alpha value is -2.03. The molecule has 0 bridgehead atoms. The highest BCUT2D eigenvalue weighted by atomic mass is 16.1. The lowest BCUT2D eigenvalue weighted by Crippen LogP contribution is -2.12. The minimum atomic E-state index is 0.0703. The molecule has 0 fully saturated rings. The second-order valence-electron chi connectivity index (χ2n) is 5.62. The van der Waals surface area contributed by atoms with Gasteiger partial charge >= 0.3 is 0 Å². The summed E-state index contributed by atoms with van der Waals surface area (Å²) < 4.78 is 0. The largest absolute Gasteiger partial charge is 0.294 e. The molecule has 1 aromatic heterocycles. The minimum Gasteiger partial charge on any atom is -0.294 e. The van der Waals surface area contributed by atoms with Gasteiger partial charge in [0.1, 0.15) is 0 Å². The predicted octanol–water partition coefficient (Wildman–Crippen LogP) is 3.20. The number of carbonyl (C=O) groups excluding carboxylic acids is 1. The maximum Gasteiger partial charge on any atom is 0.168 e. The number of hydrogen-bond acceptors (Lipinski definition) is 3. The number of benzene rings is 1. The molecule has 0 aliphatic heterocycles. The number of aromatic nitrogens is 2. The Labute approximate surface area is 113 Å². The second-order valence-corrected chi connectivity index (χ2v) is 5.62. The fourth-order valence-electron chi connectivity index (χ4n) is 1.84. The van der Waals surface area contributed by atoms with Gasteiger partial charge in [-0.05, 0) is 11.0 Å². The van der Waals surface area contributed by atoms with E-state index in [9.17, 15) is 4.79 Å². The van der Waals surface area contributed by atoms with Crippen molar-refractivity contribution in [1.82, 2.24) is 9.97 Å². The first-order valence-corrected chi connectivity index (χ1v) is 6.35. The summed E-state index contributed by atoms with van der Waals surface area (Å²) >= 11 is 0. The van der Waals surface area contributed by atoms with Crippen molar-refractivity contribution in [1.29, 1.82) is 0 Å². The topological polar surface area (TPSA) is 42.9 Å². The molecule has 0 atom stereocenters. The summed E-state index contributed by atoms with van der Waals surface area (Å²) in [4.78, 5) is 20.2. The van der Waals surface area contributed by atoms with Crippen LogP contribution in [0.4, 0.5) is 0 Å². The van der Waals surface area contributed by atoms with Gasteiger partial charge in [0, 0.05) is 24.2 Å². The molecule has 98 valence electrons. The lowest BCUT2D eigenvalue weighted by atomic mass is 9.86. The molecule has 3 heteroatoms. The molecule has 2 rings (SSSR count). The third-order valence-electron chi connectivity index (χ3n) is 3.03. The first-order valence-electron chi connectivity index (χ1n) is 6.35. The van der Waals surface area contributed by atoms with Gasteiger partial charge in [0.2, 0.25) is 0 Å². The number of Topliss-reactive ketones (excluding diaryl/α,β-unsaturated/α-hetero) is 1. The van der Waals surface area contributed by atoms with Crippen molar-refractivity contribution >= 4 is 5.78 Å². The Kier molecular flexibility index (Phi) is 3.74. The molecule has 19 heavy (non-hydrogen) atoms. The Morgan fingerprint density at radius 1 is 1.11 bits per heavy atom. The van der Waals surface area contributed by atoms with Crippen molar-refractivity contribution in [2.45, 2.75) is 32.6 Å². The monoisotopic (exact) mass is 254 g/mol. The molecule has 0 amide bonds. The number of ketones is 1. The predicted molar refractivity (Wildman–Crippen MR) is 75.2 cm³/mol. The van der Waals surface area contributed by atoms with E-state index in [0.29, 0.717) is 12.1 Å². The van der Waals surface area contributed by atoms with E-state index in [4.69, 9.17) is 0 Å². The zero-order valence-electron chi connectivity index (χ0n) is 11.6. The average molecular weight is 254 g/mol. The molecule has 0 spiro atoms. The van der Waals surface area contributed by atoms with E-state index < -0.39 is 0 Å². The van der Waals surface area contributed by atoms with Crippen LogP contribution in [0, 0.1) is 0 Å². The van der Waals surface area contributed by atoms with Crippen molar-refractivity contribution in [3.63, 3.8) is 0 Å². The molecule has 1 aromatic carbocycles. The Bertz CT molecular complexity index is 554. The first-order chi connectivity index (χ1) is 8.97. The van der Waals surface area contributed by atoms with Gasteiger partial charge in [-0.2, -0.15) is 0 Å². The summed E-state index contributed by atoms with van der Waals surface area (Å²) in [5.41, 5.74) is 2.75. The molecule has 0 saturated heterocycles. The van der Waals surface area contributed by atoms with Crippen molar-refractivity contribution in [3.8, 4) is 0 Å². The van der Waals surface area contributed by atoms with Crippen molar-refractivity contribution in [2.24, 2.45) is 0 Å². The maximum atomic E-state index is 12.1. The molecular formula is C16H18N2O. The van der Waals surface area contributed by atoms with Crippen LogP contribution in [0.5, 0.6) is 0 Å². The Morgan fingerprint density at radius 3 is 2.32 bits per heavy atom. The van der Waals surface area contributed by atoms with Crippen LogP contribution in [0.1, 0.15) is 42.4 Å². The van der Waals surface area contributed by atoms with E-state index in [1.807, 2.05) is 24.3 Å². The van der Waals surface area contributed by atoms with Gasteiger partial charge in [-0.15, -0.1) is 0 Å². The minimum absolute atomic E-state index is 0.0703. The average Bonchev–Trinajstić information content (AvgIpc) is 2.39. The van der Waals surface area contributed by atoms with Gasteiger partial charge in [0.25, 0.3) is 0 Å². The summed E-state index contributed by atoms with van der Waals surface area (Å²) in [6.45, 7) is 6.47. The zero-order chi connectivity index (χ0) is 13.9. The van der Waals surface area contributed by atoms with Crippen LogP contribution in [-0.2, 0) is 11.8 Å². The number of carbonyl (C=O) groups is 1. The molecule has 3 nitrogen and oxygen atoms in total. The normalized spacial score (nSPS) is 11.3. The molecule has 0 aliphatic carbocycles. The molecule has 0 aliphatic rings. The Balaban J connectivity index is 2.12. The van der Waals surface area contributed by atoms with Crippen molar-refractivity contribution in [3.05, 3.63) is 59.7 Å². The molecule has 1 heterocycles. The third kappa shape index (κ3) is 3.47. The van der Waals surface area contributed by atoms with Gasteiger partial charge in [-0.25, -0.2) is 0 Å². The maximum absolute atomic E-state index is 12.1. The van der Waals surface area contributed by atoms with Crippen LogP contribution < -0.4 is 0 Å². The second kappa shape index (κ2) is 5.31. The molecule has 2 aromatic rings. The first kappa shape index (κ1) is 13.4. The van der Waals surface area contributed by atoms with Gasteiger partial charge < -0.3 is 0 Å². The highest BCUT2D eigenvalue weighted by molar-refractivity contribution is 5.97. The quantitative estimate of drug-likeness (QED) is 0.790. The smallest absolute Gasteiger partial charge is 0.168 e. The summed E-state index contributed by atoms with van der Waals surface area (Å²) in [7, 11) is 0. The van der Waals surface area contributed by atoms with Crippen LogP contribution in [0.15, 0.2) is 42.9 Å². The van der Waals surface area contributed by atoms with E-state index in [-0.39, 0.29) is 11.2 Å². The lowest BCUT2D eigenvalue weighted by molar-refractivity contribution is 0.0992. The zero-order valence-corrected chi connectivity index (χ0v) is 11.6. The van der Waals surface area contributed by atoms with Gasteiger partial charge in [-0.1, -0.05) is 45.0 Å². The van der Waals surface area contributed by atoms with Crippen LogP contribution in [0.2, 0.25) is 0 Å².